The number of aromatic nitrogens is 3. The Bertz CT molecular complexity index is 849. The van der Waals surface area contributed by atoms with Crippen LogP contribution in [0.1, 0.15) is 6.92 Å². The molecule has 22 heavy (non-hydrogen) atoms. The highest BCUT2D eigenvalue weighted by Crippen LogP contribution is 2.33. The predicted octanol–water partition coefficient (Wildman–Crippen LogP) is 3.74. The summed E-state index contributed by atoms with van der Waals surface area (Å²) in [6, 6.07) is 10.2. The lowest BCUT2D eigenvalue weighted by atomic mass is 10.0. The lowest BCUT2D eigenvalue weighted by molar-refractivity contribution is 0.443. The average molecular weight is 313 g/mol. The summed E-state index contributed by atoms with van der Waals surface area (Å²) in [5, 5.41) is 0.635. The maximum absolute atomic E-state index is 6.39. The fourth-order valence-corrected chi connectivity index (χ4v) is 3.23. The van der Waals surface area contributed by atoms with E-state index in [1.54, 1.807) is 6.20 Å². The number of hydrogen-bond acceptors (Lipinski definition) is 3. The summed E-state index contributed by atoms with van der Waals surface area (Å²) in [4.78, 5) is 11.5. The van der Waals surface area contributed by atoms with Gasteiger partial charge in [-0.2, -0.15) is 0 Å². The van der Waals surface area contributed by atoms with E-state index in [4.69, 9.17) is 16.6 Å². The molecule has 5 heteroatoms. The average Bonchev–Trinajstić information content (AvgIpc) is 2.82. The van der Waals surface area contributed by atoms with Crippen molar-refractivity contribution in [2.45, 2.75) is 6.92 Å². The van der Waals surface area contributed by atoms with Crippen molar-refractivity contribution in [1.82, 2.24) is 14.5 Å². The van der Waals surface area contributed by atoms with Crippen LogP contribution in [0.3, 0.4) is 0 Å². The van der Waals surface area contributed by atoms with Gasteiger partial charge in [0.2, 0.25) is 0 Å². The lowest BCUT2D eigenvalue weighted by Gasteiger charge is -2.38. The molecule has 0 aliphatic carbocycles. The van der Waals surface area contributed by atoms with Crippen molar-refractivity contribution in [1.29, 1.82) is 0 Å². The minimum atomic E-state index is 0.635. The Kier molecular flexibility index (Phi) is 3.08. The minimum Gasteiger partial charge on any atom is -0.356 e. The molecule has 0 bridgehead atoms. The van der Waals surface area contributed by atoms with Crippen LogP contribution in [0, 0.1) is 5.92 Å². The molecular formula is C17H17ClN4. The number of benzene rings is 1. The molecule has 3 aromatic rings. The zero-order valence-corrected chi connectivity index (χ0v) is 13.4. The maximum atomic E-state index is 6.39. The van der Waals surface area contributed by atoms with Crippen LogP contribution < -0.4 is 4.90 Å². The number of halogens is 1. The number of nitrogens with zero attached hydrogens (tertiary/aromatic N) is 4. The zero-order chi connectivity index (χ0) is 15.3. The van der Waals surface area contributed by atoms with Crippen LogP contribution in [0.15, 0.2) is 36.5 Å². The molecule has 4 rings (SSSR count). The van der Waals surface area contributed by atoms with Crippen molar-refractivity contribution >= 4 is 28.5 Å². The van der Waals surface area contributed by atoms with E-state index < -0.39 is 0 Å². The third-order valence-electron chi connectivity index (χ3n) is 4.26. The normalized spacial score (nSPS) is 15.3. The lowest BCUT2D eigenvalue weighted by Crippen LogP contribution is -2.45. The number of fused-ring (bicyclic) bond motifs is 1. The molecule has 1 aromatic carbocycles. The molecule has 1 aliphatic rings. The van der Waals surface area contributed by atoms with Crippen LogP contribution >= 0.6 is 11.6 Å². The van der Waals surface area contributed by atoms with Crippen molar-refractivity contribution < 1.29 is 0 Å². The summed E-state index contributed by atoms with van der Waals surface area (Å²) in [6.45, 7) is 4.35. The van der Waals surface area contributed by atoms with Gasteiger partial charge in [0.1, 0.15) is 11.6 Å². The molecule has 1 fully saturated rings. The molecule has 2 aromatic heterocycles. The number of rotatable bonds is 2. The van der Waals surface area contributed by atoms with Gasteiger partial charge in [0, 0.05) is 31.9 Å². The molecule has 0 spiro atoms. The Morgan fingerprint density at radius 1 is 1.23 bits per heavy atom. The van der Waals surface area contributed by atoms with Gasteiger partial charge in [0.15, 0.2) is 0 Å². The molecule has 0 radical (unpaired) electrons. The molecule has 0 amide bonds. The Hall–Kier alpha value is -2.07. The second-order valence-corrected chi connectivity index (χ2v) is 6.42. The number of hydrogen-bond donors (Lipinski definition) is 0. The van der Waals surface area contributed by atoms with E-state index in [0.29, 0.717) is 5.02 Å². The van der Waals surface area contributed by atoms with E-state index in [2.05, 4.69) is 33.5 Å². The molecule has 3 heterocycles. The van der Waals surface area contributed by atoms with Gasteiger partial charge in [-0.1, -0.05) is 30.7 Å². The topological polar surface area (TPSA) is 34.0 Å². The summed E-state index contributed by atoms with van der Waals surface area (Å²) < 4.78 is 2.08. The predicted molar refractivity (Wildman–Crippen MR) is 90.3 cm³/mol. The Morgan fingerprint density at radius 2 is 2.00 bits per heavy atom. The number of imidazole rings is 1. The van der Waals surface area contributed by atoms with E-state index in [1.165, 1.54) is 0 Å². The number of anilines is 1. The van der Waals surface area contributed by atoms with Crippen LogP contribution in [0.25, 0.3) is 22.4 Å². The summed E-state index contributed by atoms with van der Waals surface area (Å²) >= 11 is 6.39. The minimum absolute atomic E-state index is 0.635. The van der Waals surface area contributed by atoms with Crippen LogP contribution in [0.5, 0.6) is 0 Å². The molecule has 0 unspecified atom stereocenters. The van der Waals surface area contributed by atoms with Crippen molar-refractivity contribution in [3.8, 4) is 11.4 Å². The summed E-state index contributed by atoms with van der Waals surface area (Å²) in [6.07, 6.45) is 1.73. The number of para-hydroxylation sites is 2. The van der Waals surface area contributed by atoms with Gasteiger partial charge < -0.3 is 9.47 Å². The van der Waals surface area contributed by atoms with Crippen molar-refractivity contribution in [2.75, 3.05) is 18.0 Å². The standard InChI is InChI=1S/C17H17ClN4/c1-11-9-22(10-11)16-7-12(13(18)8-19-16)17-20-14-5-3-4-6-15(14)21(17)2/h3-8,11H,9-10H2,1-2H3. The summed E-state index contributed by atoms with van der Waals surface area (Å²) in [5.41, 5.74) is 3.02. The Morgan fingerprint density at radius 3 is 2.73 bits per heavy atom. The first-order valence-electron chi connectivity index (χ1n) is 7.46. The zero-order valence-electron chi connectivity index (χ0n) is 12.6. The van der Waals surface area contributed by atoms with Gasteiger partial charge in [-0.25, -0.2) is 9.97 Å². The van der Waals surface area contributed by atoms with E-state index >= 15 is 0 Å². The highest BCUT2D eigenvalue weighted by Gasteiger charge is 2.25. The van der Waals surface area contributed by atoms with Crippen molar-refractivity contribution in [3.63, 3.8) is 0 Å². The smallest absolute Gasteiger partial charge is 0.142 e. The van der Waals surface area contributed by atoms with E-state index in [0.717, 1.165) is 47.2 Å². The summed E-state index contributed by atoms with van der Waals surface area (Å²) in [5.74, 6) is 2.59. The molecule has 0 saturated carbocycles. The largest absolute Gasteiger partial charge is 0.356 e. The molecule has 4 nitrogen and oxygen atoms in total. The van der Waals surface area contributed by atoms with Gasteiger partial charge in [-0.05, 0) is 24.1 Å². The first-order valence-corrected chi connectivity index (χ1v) is 7.83. The van der Waals surface area contributed by atoms with Crippen LogP contribution in [0.2, 0.25) is 5.02 Å². The fraction of sp³-hybridized carbons (Fsp3) is 0.294. The molecule has 0 atom stereocenters. The van der Waals surface area contributed by atoms with Crippen LogP contribution in [-0.2, 0) is 7.05 Å². The molecule has 112 valence electrons. The summed E-state index contributed by atoms with van der Waals surface area (Å²) in [7, 11) is 2.02. The van der Waals surface area contributed by atoms with Gasteiger partial charge >= 0.3 is 0 Å². The highest BCUT2D eigenvalue weighted by atomic mass is 35.5. The number of aryl methyl sites for hydroxylation is 1. The molecule has 1 aliphatic heterocycles. The SMILES string of the molecule is CC1CN(c2cc(-c3nc4ccccc4n3C)c(Cl)cn2)C1. The van der Waals surface area contributed by atoms with Gasteiger partial charge in [-0.15, -0.1) is 0 Å². The van der Waals surface area contributed by atoms with Gasteiger partial charge in [0.25, 0.3) is 0 Å². The van der Waals surface area contributed by atoms with Crippen LogP contribution in [0.4, 0.5) is 5.82 Å². The second kappa shape index (κ2) is 4.99. The third kappa shape index (κ3) is 2.06. The monoisotopic (exact) mass is 312 g/mol. The van der Waals surface area contributed by atoms with Crippen LogP contribution in [-0.4, -0.2) is 27.6 Å². The van der Waals surface area contributed by atoms with E-state index in [1.807, 2.05) is 25.2 Å². The van der Waals surface area contributed by atoms with Crippen molar-refractivity contribution in [2.24, 2.45) is 13.0 Å². The van der Waals surface area contributed by atoms with Gasteiger partial charge in [0.05, 0.1) is 16.1 Å². The van der Waals surface area contributed by atoms with Crippen molar-refractivity contribution in [3.05, 3.63) is 41.6 Å². The second-order valence-electron chi connectivity index (χ2n) is 6.02. The third-order valence-corrected chi connectivity index (χ3v) is 4.56. The molecule has 1 saturated heterocycles. The highest BCUT2D eigenvalue weighted by molar-refractivity contribution is 6.33. The van der Waals surface area contributed by atoms with E-state index in [9.17, 15) is 0 Å². The first-order chi connectivity index (χ1) is 10.6. The Balaban J connectivity index is 1.83. The maximum Gasteiger partial charge on any atom is 0.142 e. The number of pyridine rings is 1. The first kappa shape index (κ1) is 13.6. The Labute approximate surface area is 134 Å². The molecule has 0 N–H and O–H groups in total. The molecular weight excluding hydrogens is 296 g/mol. The fourth-order valence-electron chi connectivity index (χ4n) is 3.04. The van der Waals surface area contributed by atoms with Gasteiger partial charge in [-0.3, -0.25) is 0 Å². The van der Waals surface area contributed by atoms with E-state index in [-0.39, 0.29) is 0 Å². The quantitative estimate of drug-likeness (QED) is 0.723.